The van der Waals surface area contributed by atoms with Gasteiger partial charge in [-0.2, -0.15) is 0 Å². The number of benzene rings is 2. The fourth-order valence-corrected chi connectivity index (χ4v) is 4.19. The molecular formula is C23H23N3O4S. The summed E-state index contributed by atoms with van der Waals surface area (Å²) < 4.78 is 11.0. The number of carbonyl (C=O) groups is 2. The minimum atomic E-state index is -0.811. The summed E-state index contributed by atoms with van der Waals surface area (Å²) >= 11 is 1.60. The molecule has 1 aliphatic rings. The highest BCUT2D eigenvalue weighted by Crippen LogP contribution is 2.33. The van der Waals surface area contributed by atoms with Crippen LogP contribution >= 0.6 is 11.3 Å². The van der Waals surface area contributed by atoms with Crippen LogP contribution in [0.2, 0.25) is 0 Å². The number of hydrogen-bond acceptors (Lipinski definition) is 6. The van der Waals surface area contributed by atoms with Crippen molar-refractivity contribution in [3.05, 3.63) is 70.9 Å². The fraction of sp³-hybridized carbons (Fsp3) is 0.217. The Balaban J connectivity index is 1.61. The maximum Gasteiger partial charge on any atom is 0.260 e. The number of nitrogens with two attached hydrogens (primary N) is 1. The maximum absolute atomic E-state index is 13.5. The Bertz CT molecular complexity index is 1050. The predicted molar refractivity (Wildman–Crippen MR) is 121 cm³/mol. The van der Waals surface area contributed by atoms with Crippen LogP contribution in [0.3, 0.4) is 0 Å². The molecule has 4 rings (SSSR count). The van der Waals surface area contributed by atoms with E-state index in [0.29, 0.717) is 12.3 Å². The summed E-state index contributed by atoms with van der Waals surface area (Å²) in [6, 6.07) is 18.7. The Morgan fingerprint density at radius 1 is 1.16 bits per heavy atom. The van der Waals surface area contributed by atoms with Crippen molar-refractivity contribution in [2.45, 2.75) is 12.6 Å². The quantitative estimate of drug-likeness (QED) is 0.614. The highest BCUT2D eigenvalue weighted by molar-refractivity contribution is 7.09. The van der Waals surface area contributed by atoms with Gasteiger partial charge in [-0.05, 0) is 47.8 Å². The van der Waals surface area contributed by atoms with Crippen molar-refractivity contribution in [2.24, 2.45) is 5.73 Å². The molecule has 0 saturated carbocycles. The fourth-order valence-electron chi connectivity index (χ4n) is 3.50. The van der Waals surface area contributed by atoms with Crippen molar-refractivity contribution in [1.82, 2.24) is 0 Å². The van der Waals surface area contributed by atoms with E-state index in [1.54, 1.807) is 29.4 Å². The van der Waals surface area contributed by atoms with E-state index >= 15 is 0 Å². The number of nitrogens with zero attached hydrogens (tertiary/aromatic N) is 2. The highest BCUT2D eigenvalue weighted by Gasteiger charge is 2.31. The molecule has 2 amide bonds. The van der Waals surface area contributed by atoms with Crippen molar-refractivity contribution < 1.29 is 19.1 Å². The summed E-state index contributed by atoms with van der Waals surface area (Å²) in [5, 5.41) is 1.99. The van der Waals surface area contributed by atoms with E-state index in [-0.39, 0.29) is 19.0 Å². The minimum Gasteiger partial charge on any atom is -0.497 e. The molecular weight excluding hydrogens is 414 g/mol. The van der Waals surface area contributed by atoms with Gasteiger partial charge in [-0.15, -0.1) is 11.3 Å². The molecule has 0 saturated heterocycles. The molecule has 0 aliphatic carbocycles. The molecule has 8 heteroatoms. The first-order valence-corrected chi connectivity index (χ1v) is 10.7. The molecule has 0 unspecified atom stereocenters. The summed E-state index contributed by atoms with van der Waals surface area (Å²) in [6.45, 7) is 0.753. The summed E-state index contributed by atoms with van der Waals surface area (Å²) in [5.74, 6) is 0.606. The third-order valence-electron chi connectivity index (χ3n) is 5.08. The molecule has 2 N–H and O–H groups in total. The number of para-hydroxylation sites is 2. The Kier molecular flexibility index (Phi) is 6.08. The molecule has 1 aromatic heterocycles. The van der Waals surface area contributed by atoms with Gasteiger partial charge in [0.05, 0.1) is 32.4 Å². The second-order valence-corrected chi connectivity index (χ2v) is 8.15. The highest BCUT2D eigenvalue weighted by atomic mass is 32.1. The molecule has 0 bridgehead atoms. The molecule has 31 heavy (non-hydrogen) atoms. The van der Waals surface area contributed by atoms with E-state index < -0.39 is 12.0 Å². The second-order valence-electron chi connectivity index (χ2n) is 7.11. The molecule has 1 aliphatic heterocycles. The normalized spacial score (nSPS) is 15.0. The van der Waals surface area contributed by atoms with Crippen LogP contribution in [-0.2, 0) is 16.1 Å². The lowest BCUT2D eigenvalue weighted by molar-refractivity contribution is -0.125. The van der Waals surface area contributed by atoms with Crippen molar-refractivity contribution in [3.63, 3.8) is 0 Å². The lowest BCUT2D eigenvalue weighted by Gasteiger charge is -2.35. The summed E-state index contributed by atoms with van der Waals surface area (Å²) in [7, 11) is 1.61. The molecule has 0 spiro atoms. The number of thiophene rings is 1. The number of anilines is 2. The smallest absolute Gasteiger partial charge is 0.260 e. The van der Waals surface area contributed by atoms with Crippen molar-refractivity contribution in [3.8, 4) is 11.5 Å². The number of ether oxygens (including phenoxy) is 2. The third kappa shape index (κ3) is 4.64. The predicted octanol–water partition coefficient (Wildman–Crippen LogP) is 3.04. The van der Waals surface area contributed by atoms with Gasteiger partial charge in [0.15, 0.2) is 6.10 Å². The molecule has 3 aromatic rings. The molecule has 0 fully saturated rings. The largest absolute Gasteiger partial charge is 0.497 e. The van der Waals surface area contributed by atoms with Crippen molar-refractivity contribution >= 4 is 34.5 Å². The summed E-state index contributed by atoms with van der Waals surface area (Å²) in [5.41, 5.74) is 7.02. The van der Waals surface area contributed by atoms with Crippen molar-refractivity contribution in [2.75, 3.05) is 30.0 Å². The van der Waals surface area contributed by atoms with Crippen LogP contribution in [0.4, 0.5) is 11.4 Å². The lowest BCUT2D eigenvalue weighted by Crippen LogP contribution is -2.50. The number of primary amides is 1. The minimum absolute atomic E-state index is 0.0849. The van der Waals surface area contributed by atoms with Crippen LogP contribution in [0.1, 0.15) is 4.88 Å². The van der Waals surface area contributed by atoms with Gasteiger partial charge < -0.3 is 25.0 Å². The lowest BCUT2D eigenvalue weighted by atomic mass is 10.1. The number of hydrogen-bond donors (Lipinski definition) is 1. The number of amides is 2. The Hall–Kier alpha value is -3.52. The van der Waals surface area contributed by atoms with E-state index in [1.165, 1.54) is 0 Å². The van der Waals surface area contributed by atoms with Crippen LogP contribution in [0.25, 0.3) is 0 Å². The van der Waals surface area contributed by atoms with E-state index in [9.17, 15) is 9.59 Å². The van der Waals surface area contributed by atoms with Gasteiger partial charge in [-0.1, -0.05) is 18.2 Å². The summed E-state index contributed by atoms with van der Waals surface area (Å²) in [6.07, 6.45) is -0.811. The number of rotatable bonds is 7. The van der Waals surface area contributed by atoms with E-state index in [0.717, 1.165) is 22.0 Å². The zero-order valence-corrected chi connectivity index (χ0v) is 17.9. The molecule has 0 radical (unpaired) electrons. The monoisotopic (exact) mass is 437 g/mol. The van der Waals surface area contributed by atoms with Crippen LogP contribution in [0.15, 0.2) is 66.0 Å². The van der Waals surface area contributed by atoms with Gasteiger partial charge in [0.25, 0.3) is 5.91 Å². The first-order chi connectivity index (χ1) is 15.0. The molecule has 1 atom stereocenters. The topological polar surface area (TPSA) is 85.1 Å². The number of fused-ring (bicyclic) bond motifs is 1. The van der Waals surface area contributed by atoms with Gasteiger partial charge in [0.1, 0.15) is 11.5 Å². The van der Waals surface area contributed by atoms with E-state index in [4.69, 9.17) is 15.2 Å². The molecule has 160 valence electrons. The molecule has 2 heterocycles. The number of methoxy groups -OCH3 is 1. The van der Waals surface area contributed by atoms with Crippen LogP contribution < -0.4 is 25.0 Å². The first kappa shape index (κ1) is 20.7. The van der Waals surface area contributed by atoms with Crippen molar-refractivity contribution in [1.29, 1.82) is 0 Å². The molecule has 2 aromatic carbocycles. The van der Waals surface area contributed by atoms with Crippen LogP contribution in [-0.4, -0.2) is 38.1 Å². The molecule has 7 nitrogen and oxygen atoms in total. The second kappa shape index (κ2) is 9.09. The average molecular weight is 438 g/mol. The first-order valence-electron chi connectivity index (χ1n) is 9.82. The zero-order chi connectivity index (χ0) is 21.8. The average Bonchev–Trinajstić information content (AvgIpc) is 3.30. The van der Waals surface area contributed by atoms with E-state index in [1.807, 2.05) is 64.9 Å². The standard InChI is InChI=1S/C23H23N3O4S/c1-29-17-10-8-16(9-11-17)26(13-18-5-4-12-31-18)22(27)15-25-14-21(23(24)28)30-20-7-3-2-6-19(20)25/h2-12,21H,13-15H2,1H3,(H2,24,28)/t21-/m1/s1. The van der Waals surface area contributed by atoms with Gasteiger partial charge >= 0.3 is 0 Å². The van der Waals surface area contributed by atoms with Gasteiger partial charge in [-0.3, -0.25) is 9.59 Å². The Labute approximate surface area is 184 Å². The van der Waals surface area contributed by atoms with E-state index in [2.05, 4.69) is 0 Å². The summed E-state index contributed by atoms with van der Waals surface area (Å²) in [4.78, 5) is 29.9. The third-order valence-corrected chi connectivity index (χ3v) is 5.95. The maximum atomic E-state index is 13.5. The number of carbonyl (C=O) groups excluding carboxylic acids is 2. The zero-order valence-electron chi connectivity index (χ0n) is 17.1. The van der Waals surface area contributed by atoms with Gasteiger partial charge in [0.2, 0.25) is 5.91 Å². The Morgan fingerprint density at radius 3 is 2.61 bits per heavy atom. The Morgan fingerprint density at radius 2 is 1.94 bits per heavy atom. The van der Waals surface area contributed by atoms with Gasteiger partial charge in [-0.25, -0.2) is 0 Å². The van der Waals surface area contributed by atoms with Crippen LogP contribution in [0.5, 0.6) is 11.5 Å². The van der Waals surface area contributed by atoms with Gasteiger partial charge in [0, 0.05) is 10.6 Å². The van der Waals surface area contributed by atoms with Crippen LogP contribution in [0, 0.1) is 0 Å². The SMILES string of the molecule is COc1ccc(N(Cc2cccs2)C(=O)CN2C[C@H](C(N)=O)Oc3ccccc32)cc1.